The van der Waals surface area contributed by atoms with E-state index in [9.17, 15) is 14.4 Å². The van der Waals surface area contributed by atoms with E-state index in [4.69, 9.17) is 16.3 Å². The number of carbonyl (C=O) groups excluding carboxylic acids is 3. The van der Waals surface area contributed by atoms with Crippen LogP contribution in [0.3, 0.4) is 0 Å². The molecule has 26 heavy (non-hydrogen) atoms. The maximum atomic E-state index is 12.7. The van der Waals surface area contributed by atoms with Crippen molar-refractivity contribution in [2.45, 2.75) is 25.9 Å². The van der Waals surface area contributed by atoms with Gasteiger partial charge >= 0.3 is 17.8 Å². The molecule has 2 saturated heterocycles. The highest BCUT2D eigenvalue weighted by atomic mass is 35.5. The van der Waals surface area contributed by atoms with Crippen LogP contribution in [-0.4, -0.2) is 76.4 Å². The normalized spacial score (nSPS) is 21.2. The van der Waals surface area contributed by atoms with Crippen molar-refractivity contribution in [1.82, 2.24) is 19.7 Å². The van der Waals surface area contributed by atoms with Gasteiger partial charge in [0.25, 0.3) is 0 Å². The molecule has 0 saturated carbocycles. The summed E-state index contributed by atoms with van der Waals surface area (Å²) in [5, 5.41) is 0.410. The summed E-state index contributed by atoms with van der Waals surface area (Å²) in [6, 6.07) is 1.24. The summed E-state index contributed by atoms with van der Waals surface area (Å²) in [5.41, 5.74) is 0. The van der Waals surface area contributed by atoms with Gasteiger partial charge in [0.1, 0.15) is 16.9 Å². The Morgan fingerprint density at radius 3 is 2.85 bits per heavy atom. The van der Waals surface area contributed by atoms with Gasteiger partial charge in [-0.25, -0.2) is 4.79 Å². The van der Waals surface area contributed by atoms with Crippen LogP contribution in [-0.2, 0) is 9.59 Å². The third-order valence-corrected chi connectivity index (χ3v) is 4.88. The summed E-state index contributed by atoms with van der Waals surface area (Å²) in [6.45, 7) is 3.71. The van der Waals surface area contributed by atoms with E-state index >= 15 is 0 Å². The average Bonchev–Trinajstić information content (AvgIpc) is 2.65. The van der Waals surface area contributed by atoms with Crippen LogP contribution in [0.25, 0.3) is 0 Å². The SMILES string of the molecule is CCN1CCN(C(=O)N2CCCC(Oc3ccncc3Cl)C2)C(=O)C1=O. The number of amides is 4. The number of urea groups is 1. The third-order valence-electron chi connectivity index (χ3n) is 4.60. The Kier molecular flexibility index (Phi) is 5.61. The van der Waals surface area contributed by atoms with Gasteiger partial charge in [0, 0.05) is 44.6 Å². The minimum absolute atomic E-state index is 0.218. The molecule has 1 aromatic rings. The number of carbonyl (C=O) groups is 3. The zero-order chi connectivity index (χ0) is 18.7. The molecule has 0 radical (unpaired) electrons. The molecule has 2 aliphatic rings. The molecule has 0 bridgehead atoms. The summed E-state index contributed by atoms with van der Waals surface area (Å²) >= 11 is 6.06. The zero-order valence-corrected chi connectivity index (χ0v) is 15.3. The predicted octanol–water partition coefficient (Wildman–Crippen LogP) is 1.39. The lowest BCUT2D eigenvalue weighted by Crippen LogP contribution is -2.60. The molecule has 1 aromatic heterocycles. The highest BCUT2D eigenvalue weighted by Crippen LogP contribution is 2.26. The number of hydrogen-bond acceptors (Lipinski definition) is 5. The maximum Gasteiger partial charge on any atom is 0.327 e. The van der Waals surface area contributed by atoms with E-state index in [-0.39, 0.29) is 12.6 Å². The molecule has 140 valence electrons. The predicted molar refractivity (Wildman–Crippen MR) is 93.8 cm³/mol. The third kappa shape index (κ3) is 3.75. The first-order chi connectivity index (χ1) is 12.5. The zero-order valence-electron chi connectivity index (χ0n) is 14.6. The van der Waals surface area contributed by atoms with E-state index in [1.165, 1.54) is 11.1 Å². The van der Waals surface area contributed by atoms with Crippen molar-refractivity contribution in [3.05, 3.63) is 23.5 Å². The molecule has 8 nitrogen and oxygen atoms in total. The minimum atomic E-state index is -0.761. The van der Waals surface area contributed by atoms with Gasteiger partial charge in [0.15, 0.2) is 0 Å². The van der Waals surface area contributed by atoms with E-state index in [1.807, 2.05) is 0 Å². The number of rotatable bonds is 3. The van der Waals surface area contributed by atoms with Crippen molar-refractivity contribution >= 4 is 29.4 Å². The lowest BCUT2D eigenvalue weighted by Gasteiger charge is -2.38. The maximum absolute atomic E-state index is 12.7. The van der Waals surface area contributed by atoms with Gasteiger partial charge in [-0.2, -0.15) is 0 Å². The van der Waals surface area contributed by atoms with Crippen LogP contribution in [0.2, 0.25) is 5.02 Å². The fourth-order valence-corrected chi connectivity index (χ4v) is 3.34. The van der Waals surface area contributed by atoms with Crippen molar-refractivity contribution in [3.8, 4) is 5.75 Å². The van der Waals surface area contributed by atoms with Gasteiger partial charge < -0.3 is 14.5 Å². The van der Waals surface area contributed by atoms with Gasteiger partial charge in [-0.05, 0) is 19.8 Å². The second kappa shape index (κ2) is 7.90. The molecule has 0 N–H and O–H groups in total. The number of piperidine rings is 1. The van der Waals surface area contributed by atoms with E-state index in [1.54, 1.807) is 24.1 Å². The molecule has 1 unspecified atom stereocenters. The number of piperazine rings is 1. The molecule has 0 aliphatic carbocycles. The molecular formula is C17H21ClN4O4. The van der Waals surface area contributed by atoms with Crippen LogP contribution in [0.4, 0.5) is 4.79 Å². The van der Waals surface area contributed by atoms with Gasteiger partial charge in [0.2, 0.25) is 0 Å². The Bertz CT molecular complexity index is 714. The van der Waals surface area contributed by atoms with E-state index < -0.39 is 17.8 Å². The largest absolute Gasteiger partial charge is 0.487 e. The first-order valence-corrected chi connectivity index (χ1v) is 9.05. The van der Waals surface area contributed by atoms with Gasteiger partial charge in [-0.15, -0.1) is 0 Å². The highest BCUT2D eigenvalue weighted by molar-refractivity contribution is 6.38. The summed E-state index contributed by atoms with van der Waals surface area (Å²) in [7, 11) is 0. The summed E-state index contributed by atoms with van der Waals surface area (Å²) in [4.78, 5) is 44.9. The van der Waals surface area contributed by atoms with Gasteiger partial charge in [-0.1, -0.05) is 11.6 Å². The summed E-state index contributed by atoms with van der Waals surface area (Å²) in [6.07, 6.45) is 4.38. The first-order valence-electron chi connectivity index (χ1n) is 8.67. The van der Waals surface area contributed by atoms with Gasteiger partial charge in [0.05, 0.1) is 6.54 Å². The number of hydrogen-bond donors (Lipinski definition) is 0. The minimum Gasteiger partial charge on any atom is -0.487 e. The van der Waals surface area contributed by atoms with Crippen LogP contribution in [0.15, 0.2) is 18.5 Å². The quantitative estimate of drug-likeness (QED) is 0.740. The van der Waals surface area contributed by atoms with Crippen LogP contribution in [0, 0.1) is 0 Å². The van der Waals surface area contributed by atoms with Crippen LogP contribution in [0.1, 0.15) is 19.8 Å². The molecule has 1 atom stereocenters. The number of aromatic nitrogens is 1. The summed E-state index contributed by atoms with van der Waals surface area (Å²) in [5.74, 6) is -0.868. The number of halogens is 1. The average molecular weight is 381 g/mol. The molecule has 0 spiro atoms. The van der Waals surface area contributed by atoms with E-state index in [2.05, 4.69) is 4.98 Å². The molecule has 2 fully saturated rings. The fraction of sp³-hybridized carbons (Fsp3) is 0.529. The Labute approximate surface area is 156 Å². The van der Waals surface area contributed by atoms with Crippen molar-refractivity contribution in [2.75, 3.05) is 32.7 Å². The number of nitrogens with zero attached hydrogens (tertiary/aromatic N) is 4. The van der Waals surface area contributed by atoms with Crippen molar-refractivity contribution < 1.29 is 19.1 Å². The van der Waals surface area contributed by atoms with Gasteiger partial charge in [-0.3, -0.25) is 19.5 Å². The lowest BCUT2D eigenvalue weighted by molar-refractivity contribution is -0.154. The standard InChI is InChI=1S/C17H21ClN4O4/c1-2-20-8-9-22(16(24)15(20)23)17(25)21-7-3-4-12(11-21)26-14-5-6-19-10-13(14)18/h5-6,10,12H,2-4,7-9,11H2,1H3. The van der Waals surface area contributed by atoms with Crippen molar-refractivity contribution in [3.63, 3.8) is 0 Å². The Morgan fingerprint density at radius 1 is 1.31 bits per heavy atom. The van der Waals surface area contributed by atoms with Crippen molar-refractivity contribution in [2.24, 2.45) is 0 Å². The lowest BCUT2D eigenvalue weighted by atomic mass is 10.1. The number of likely N-dealkylation sites (N-methyl/N-ethyl adjacent to an activating group) is 1. The Balaban J connectivity index is 1.64. The van der Waals surface area contributed by atoms with Crippen molar-refractivity contribution in [1.29, 1.82) is 0 Å². The second-order valence-electron chi connectivity index (χ2n) is 6.26. The van der Waals surface area contributed by atoms with E-state index in [0.717, 1.165) is 17.7 Å². The first kappa shape index (κ1) is 18.4. The molecule has 3 rings (SSSR count). The van der Waals surface area contributed by atoms with Crippen LogP contribution in [0.5, 0.6) is 5.75 Å². The van der Waals surface area contributed by atoms with Crippen LogP contribution < -0.4 is 4.74 Å². The van der Waals surface area contributed by atoms with Crippen LogP contribution >= 0.6 is 11.6 Å². The Morgan fingerprint density at radius 2 is 2.12 bits per heavy atom. The molecule has 9 heteroatoms. The number of ether oxygens (including phenoxy) is 1. The van der Waals surface area contributed by atoms with E-state index in [0.29, 0.717) is 37.0 Å². The fourth-order valence-electron chi connectivity index (χ4n) is 3.18. The second-order valence-corrected chi connectivity index (χ2v) is 6.67. The smallest absolute Gasteiger partial charge is 0.327 e. The molecular weight excluding hydrogens is 360 g/mol. The number of likely N-dealkylation sites (tertiary alicyclic amines) is 1. The molecule has 0 aromatic carbocycles. The highest BCUT2D eigenvalue weighted by Gasteiger charge is 2.38. The monoisotopic (exact) mass is 380 g/mol. The molecule has 3 heterocycles. The number of pyridine rings is 1. The topological polar surface area (TPSA) is 83.0 Å². The number of imide groups is 1. The Hall–Kier alpha value is -2.35. The molecule has 2 aliphatic heterocycles. The molecule has 4 amide bonds. The summed E-state index contributed by atoms with van der Waals surface area (Å²) < 4.78 is 5.89.